The monoisotopic (exact) mass is 279 g/mol. The number of halogens is 1. The molecule has 1 unspecified atom stereocenters. The van der Waals surface area contributed by atoms with E-state index in [4.69, 9.17) is 4.74 Å². The van der Waals surface area contributed by atoms with E-state index in [1.54, 1.807) is 7.11 Å². The fourth-order valence-electron chi connectivity index (χ4n) is 1.74. The molecule has 1 heterocycles. The summed E-state index contributed by atoms with van der Waals surface area (Å²) in [6.07, 6.45) is 1.91. The summed E-state index contributed by atoms with van der Waals surface area (Å²) in [7, 11) is 1.57. The minimum Gasteiger partial charge on any atom is -0.383 e. The Morgan fingerprint density at radius 3 is 2.78 bits per heavy atom. The van der Waals surface area contributed by atoms with Gasteiger partial charge >= 0.3 is 0 Å². The van der Waals surface area contributed by atoms with Gasteiger partial charge in [-0.25, -0.2) is 0 Å². The highest BCUT2D eigenvalue weighted by Crippen LogP contribution is 2.09. The standard InChI is InChI=1S/C11H21N3O3.ClH/c1-17-6-5-13-10(15)8-14-11(16)9-3-2-4-12-7-9;/h9,12H,2-8H2,1H3,(H,13,15)(H,14,16);1H. The van der Waals surface area contributed by atoms with E-state index in [2.05, 4.69) is 16.0 Å². The van der Waals surface area contributed by atoms with E-state index in [1.807, 2.05) is 0 Å². The van der Waals surface area contributed by atoms with Gasteiger partial charge < -0.3 is 20.7 Å². The van der Waals surface area contributed by atoms with Crippen molar-refractivity contribution in [1.29, 1.82) is 0 Å². The van der Waals surface area contributed by atoms with Crippen molar-refractivity contribution >= 4 is 24.2 Å². The van der Waals surface area contributed by atoms with Crippen molar-refractivity contribution in [2.45, 2.75) is 12.8 Å². The van der Waals surface area contributed by atoms with Crippen LogP contribution in [0.3, 0.4) is 0 Å². The molecular weight excluding hydrogens is 258 g/mol. The third-order valence-corrected chi connectivity index (χ3v) is 2.72. The highest BCUT2D eigenvalue weighted by molar-refractivity contribution is 5.86. The van der Waals surface area contributed by atoms with E-state index in [1.165, 1.54) is 0 Å². The smallest absolute Gasteiger partial charge is 0.239 e. The lowest BCUT2D eigenvalue weighted by atomic mass is 9.99. The molecule has 0 radical (unpaired) electrons. The fraction of sp³-hybridized carbons (Fsp3) is 0.818. The lowest BCUT2D eigenvalue weighted by Crippen LogP contribution is -2.44. The predicted molar refractivity (Wildman–Crippen MR) is 70.7 cm³/mol. The van der Waals surface area contributed by atoms with Gasteiger partial charge in [0.2, 0.25) is 11.8 Å². The van der Waals surface area contributed by atoms with Crippen LogP contribution >= 0.6 is 12.4 Å². The Balaban J connectivity index is 0.00000289. The van der Waals surface area contributed by atoms with Crippen molar-refractivity contribution < 1.29 is 14.3 Å². The number of rotatable bonds is 6. The first-order chi connectivity index (χ1) is 8.24. The van der Waals surface area contributed by atoms with Gasteiger partial charge in [0.1, 0.15) is 0 Å². The Kier molecular flexibility index (Phi) is 9.63. The number of ether oxygens (including phenoxy) is 1. The molecule has 106 valence electrons. The van der Waals surface area contributed by atoms with Crippen LogP contribution in [0.15, 0.2) is 0 Å². The van der Waals surface area contributed by atoms with Crippen LogP contribution in [-0.2, 0) is 14.3 Å². The number of piperidine rings is 1. The zero-order chi connectivity index (χ0) is 12.5. The summed E-state index contributed by atoms with van der Waals surface area (Å²) in [6, 6.07) is 0. The molecule has 6 nitrogen and oxygen atoms in total. The lowest BCUT2D eigenvalue weighted by molar-refractivity contribution is -0.129. The first-order valence-corrected chi connectivity index (χ1v) is 5.98. The first-order valence-electron chi connectivity index (χ1n) is 5.98. The maximum absolute atomic E-state index is 11.7. The highest BCUT2D eigenvalue weighted by atomic mass is 35.5. The van der Waals surface area contributed by atoms with Gasteiger partial charge in [-0.15, -0.1) is 12.4 Å². The molecule has 1 saturated heterocycles. The zero-order valence-electron chi connectivity index (χ0n) is 10.7. The molecule has 7 heteroatoms. The minimum atomic E-state index is -0.181. The Bertz CT molecular complexity index is 258. The molecule has 1 aliphatic heterocycles. The van der Waals surface area contributed by atoms with Gasteiger partial charge in [-0.05, 0) is 19.4 Å². The second-order valence-electron chi connectivity index (χ2n) is 4.10. The van der Waals surface area contributed by atoms with Gasteiger partial charge in [0.25, 0.3) is 0 Å². The van der Waals surface area contributed by atoms with E-state index in [9.17, 15) is 9.59 Å². The quantitative estimate of drug-likeness (QED) is 0.561. The Morgan fingerprint density at radius 1 is 1.39 bits per heavy atom. The Hall–Kier alpha value is -0.850. The van der Waals surface area contributed by atoms with Crippen molar-refractivity contribution in [3.63, 3.8) is 0 Å². The molecule has 0 aromatic carbocycles. The third kappa shape index (κ3) is 6.78. The summed E-state index contributed by atoms with van der Waals surface area (Å²) in [5, 5.41) is 8.46. The van der Waals surface area contributed by atoms with Gasteiger partial charge in [0, 0.05) is 20.2 Å². The van der Waals surface area contributed by atoms with Crippen LogP contribution in [0.5, 0.6) is 0 Å². The molecule has 18 heavy (non-hydrogen) atoms. The summed E-state index contributed by atoms with van der Waals surface area (Å²) >= 11 is 0. The van der Waals surface area contributed by atoms with Crippen LogP contribution in [0.4, 0.5) is 0 Å². The van der Waals surface area contributed by atoms with Crippen molar-refractivity contribution in [2.24, 2.45) is 5.92 Å². The highest BCUT2D eigenvalue weighted by Gasteiger charge is 2.20. The summed E-state index contributed by atoms with van der Waals surface area (Å²) in [5.41, 5.74) is 0. The van der Waals surface area contributed by atoms with Crippen molar-refractivity contribution in [3.8, 4) is 0 Å². The van der Waals surface area contributed by atoms with Crippen LogP contribution in [0.1, 0.15) is 12.8 Å². The molecule has 0 aliphatic carbocycles. The number of amides is 2. The van der Waals surface area contributed by atoms with Crippen molar-refractivity contribution in [3.05, 3.63) is 0 Å². The predicted octanol–water partition coefficient (Wildman–Crippen LogP) is -0.713. The second kappa shape index (κ2) is 10.1. The van der Waals surface area contributed by atoms with E-state index >= 15 is 0 Å². The normalized spacial score (nSPS) is 18.6. The molecule has 1 fully saturated rings. The lowest BCUT2D eigenvalue weighted by Gasteiger charge is -2.21. The molecule has 2 amide bonds. The number of hydrogen-bond acceptors (Lipinski definition) is 4. The first kappa shape index (κ1) is 17.2. The minimum absolute atomic E-state index is 0. The summed E-state index contributed by atoms with van der Waals surface area (Å²) < 4.78 is 4.80. The summed E-state index contributed by atoms with van der Waals surface area (Å²) in [4.78, 5) is 23.0. The van der Waals surface area contributed by atoms with E-state index in [-0.39, 0.29) is 36.7 Å². The van der Waals surface area contributed by atoms with Crippen LogP contribution in [0, 0.1) is 5.92 Å². The average Bonchev–Trinajstić information content (AvgIpc) is 2.37. The van der Waals surface area contributed by atoms with E-state index in [0.29, 0.717) is 19.7 Å². The Labute approximate surface area is 114 Å². The van der Waals surface area contributed by atoms with Gasteiger partial charge in [-0.2, -0.15) is 0 Å². The van der Waals surface area contributed by atoms with E-state index < -0.39 is 0 Å². The fourth-order valence-corrected chi connectivity index (χ4v) is 1.74. The average molecular weight is 280 g/mol. The molecule has 0 saturated carbocycles. The SMILES string of the molecule is COCCNC(=O)CNC(=O)C1CCCNC1.Cl. The van der Waals surface area contributed by atoms with Gasteiger partial charge in [-0.1, -0.05) is 0 Å². The molecule has 1 aliphatic rings. The molecule has 1 rings (SSSR count). The van der Waals surface area contributed by atoms with Crippen LogP contribution in [0.2, 0.25) is 0 Å². The number of hydrogen-bond donors (Lipinski definition) is 3. The number of methoxy groups -OCH3 is 1. The summed E-state index contributed by atoms with van der Waals surface area (Å²) in [5.74, 6) is -0.228. The molecule has 0 spiro atoms. The molecule has 3 N–H and O–H groups in total. The van der Waals surface area contributed by atoms with Crippen LogP contribution < -0.4 is 16.0 Å². The molecule has 0 aromatic heterocycles. The molecule has 1 atom stereocenters. The van der Waals surface area contributed by atoms with Crippen molar-refractivity contribution in [2.75, 3.05) is 39.9 Å². The topological polar surface area (TPSA) is 79.5 Å². The van der Waals surface area contributed by atoms with Gasteiger partial charge in [-0.3, -0.25) is 9.59 Å². The van der Waals surface area contributed by atoms with Gasteiger partial charge in [0.05, 0.1) is 19.1 Å². The molecular formula is C11H22ClN3O3. The number of nitrogens with one attached hydrogen (secondary N) is 3. The van der Waals surface area contributed by atoms with Crippen LogP contribution in [-0.4, -0.2) is 51.7 Å². The maximum Gasteiger partial charge on any atom is 0.239 e. The van der Waals surface area contributed by atoms with Crippen LogP contribution in [0.25, 0.3) is 0 Å². The third-order valence-electron chi connectivity index (χ3n) is 2.72. The molecule has 0 bridgehead atoms. The number of carbonyl (C=O) groups excluding carboxylic acids is 2. The Morgan fingerprint density at radius 2 is 2.17 bits per heavy atom. The maximum atomic E-state index is 11.7. The molecule has 0 aromatic rings. The van der Waals surface area contributed by atoms with E-state index in [0.717, 1.165) is 19.4 Å². The summed E-state index contributed by atoms with van der Waals surface area (Å²) in [6.45, 7) is 2.67. The van der Waals surface area contributed by atoms with Gasteiger partial charge in [0.15, 0.2) is 0 Å². The largest absolute Gasteiger partial charge is 0.383 e. The zero-order valence-corrected chi connectivity index (χ0v) is 11.5. The second-order valence-corrected chi connectivity index (χ2v) is 4.10. The van der Waals surface area contributed by atoms with Crippen molar-refractivity contribution in [1.82, 2.24) is 16.0 Å². The number of carbonyl (C=O) groups is 2.